The summed E-state index contributed by atoms with van der Waals surface area (Å²) in [6.07, 6.45) is 0.802. The number of rotatable bonds is 4. The molecule has 1 heterocycles. The second-order valence-corrected chi connectivity index (χ2v) is 4.88. The average molecular weight is 266 g/mol. The molecular formula is C14H19FN2O2. The molecule has 0 saturated carbocycles. The number of halogens is 1. The third-order valence-electron chi connectivity index (χ3n) is 3.43. The van der Waals surface area contributed by atoms with E-state index in [0.29, 0.717) is 19.5 Å². The van der Waals surface area contributed by atoms with Crippen molar-refractivity contribution < 1.29 is 13.9 Å². The summed E-state index contributed by atoms with van der Waals surface area (Å²) in [5, 5.41) is 3.16. The maximum atomic E-state index is 12.8. The minimum absolute atomic E-state index is 0.0453. The van der Waals surface area contributed by atoms with Crippen molar-refractivity contribution >= 4 is 5.91 Å². The van der Waals surface area contributed by atoms with E-state index in [4.69, 9.17) is 4.74 Å². The van der Waals surface area contributed by atoms with Crippen LogP contribution in [-0.4, -0.2) is 43.7 Å². The fraction of sp³-hybridized carbons (Fsp3) is 0.500. The molecule has 1 aromatic carbocycles. The van der Waals surface area contributed by atoms with E-state index in [1.807, 2.05) is 0 Å². The zero-order valence-electron chi connectivity index (χ0n) is 11.2. The Morgan fingerprint density at radius 2 is 2.16 bits per heavy atom. The van der Waals surface area contributed by atoms with Crippen LogP contribution in [0.2, 0.25) is 0 Å². The summed E-state index contributed by atoms with van der Waals surface area (Å²) in [6, 6.07) is 6.01. The molecule has 1 saturated heterocycles. The number of nitrogens with zero attached hydrogens (tertiary/aromatic N) is 1. The first-order valence-corrected chi connectivity index (χ1v) is 6.35. The lowest BCUT2D eigenvalue weighted by molar-refractivity contribution is -0.132. The molecule has 104 valence electrons. The quantitative estimate of drug-likeness (QED) is 0.889. The summed E-state index contributed by atoms with van der Waals surface area (Å²) in [5.74, 6) is -0.220. The monoisotopic (exact) mass is 266 g/mol. The highest BCUT2D eigenvalue weighted by atomic mass is 19.1. The third kappa shape index (κ3) is 3.52. The number of methoxy groups -OCH3 is 1. The van der Waals surface area contributed by atoms with E-state index in [0.717, 1.165) is 5.56 Å². The van der Waals surface area contributed by atoms with Gasteiger partial charge in [0.2, 0.25) is 5.91 Å². The molecule has 0 aromatic heterocycles. The summed E-state index contributed by atoms with van der Waals surface area (Å²) in [6.45, 7) is 1.19. The maximum absolute atomic E-state index is 12.8. The molecule has 2 unspecified atom stereocenters. The number of ether oxygens (including phenoxy) is 1. The Labute approximate surface area is 112 Å². The summed E-state index contributed by atoms with van der Waals surface area (Å²) >= 11 is 0. The SMILES string of the molecule is COC1CNC(C(=O)N(C)Cc2ccc(F)cc2)C1. The number of benzene rings is 1. The molecule has 0 bridgehead atoms. The van der Waals surface area contributed by atoms with Gasteiger partial charge in [-0.25, -0.2) is 4.39 Å². The van der Waals surface area contributed by atoms with Gasteiger partial charge in [0.25, 0.3) is 0 Å². The molecule has 4 nitrogen and oxygen atoms in total. The first-order chi connectivity index (χ1) is 9.10. The summed E-state index contributed by atoms with van der Waals surface area (Å²) in [4.78, 5) is 13.9. The first kappa shape index (κ1) is 14.0. The van der Waals surface area contributed by atoms with Crippen LogP contribution in [0.3, 0.4) is 0 Å². The van der Waals surface area contributed by atoms with Gasteiger partial charge in [-0.3, -0.25) is 4.79 Å². The number of hydrogen-bond donors (Lipinski definition) is 1. The smallest absolute Gasteiger partial charge is 0.239 e. The Morgan fingerprint density at radius 3 is 2.74 bits per heavy atom. The third-order valence-corrected chi connectivity index (χ3v) is 3.43. The Bertz CT molecular complexity index is 436. The van der Waals surface area contributed by atoms with Gasteiger partial charge in [-0.1, -0.05) is 12.1 Å². The Hall–Kier alpha value is -1.46. The lowest BCUT2D eigenvalue weighted by Crippen LogP contribution is -2.41. The van der Waals surface area contributed by atoms with E-state index in [-0.39, 0.29) is 23.9 Å². The highest BCUT2D eigenvalue weighted by Gasteiger charge is 2.31. The molecule has 0 aliphatic carbocycles. The summed E-state index contributed by atoms with van der Waals surface area (Å²) in [5.41, 5.74) is 0.915. The molecule has 1 aliphatic heterocycles. The van der Waals surface area contributed by atoms with Gasteiger partial charge in [0, 0.05) is 27.2 Å². The highest BCUT2D eigenvalue weighted by Crippen LogP contribution is 2.13. The van der Waals surface area contributed by atoms with Crippen LogP contribution in [0.4, 0.5) is 4.39 Å². The molecule has 1 aliphatic rings. The molecule has 2 rings (SSSR count). The molecule has 1 aromatic rings. The van der Waals surface area contributed by atoms with Crippen LogP contribution >= 0.6 is 0 Å². The second-order valence-electron chi connectivity index (χ2n) is 4.88. The summed E-state index contributed by atoms with van der Waals surface area (Å²) < 4.78 is 18.0. The summed E-state index contributed by atoms with van der Waals surface area (Å²) in [7, 11) is 3.41. The van der Waals surface area contributed by atoms with Crippen molar-refractivity contribution in [3.05, 3.63) is 35.6 Å². The van der Waals surface area contributed by atoms with Crippen molar-refractivity contribution in [1.29, 1.82) is 0 Å². The normalized spacial score (nSPS) is 22.5. The van der Waals surface area contributed by atoms with Crippen molar-refractivity contribution in [3.8, 4) is 0 Å². The lowest BCUT2D eigenvalue weighted by Gasteiger charge is -2.21. The predicted octanol–water partition coefficient (Wildman–Crippen LogP) is 1.16. The molecular weight excluding hydrogens is 247 g/mol. The number of nitrogens with one attached hydrogen (secondary N) is 1. The van der Waals surface area contributed by atoms with Crippen LogP contribution in [0, 0.1) is 5.82 Å². The van der Waals surface area contributed by atoms with E-state index < -0.39 is 0 Å². The Kier molecular flexibility index (Phi) is 4.50. The van der Waals surface area contributed by atoms with E-state index >= 15 is 0 Å². The van der Waals surface area contributed by atoms with E-state index in [9.17, 15) is 9.18 Å². The molecule has 19 heavy (non-hydrogen) atoms. The van der Waals surface area contributed by atoms with E-state index in [2.05, 4.69) is 5.32 Å². The number of likely N-dealkylation sites (N-methyl/N-ethyl adjacent to an activating group) is 1. The standard InChI is InChI=1S/C14H19FN2O2/c1-17(9-10-3-5-11(15)6-4-10)14(18)13-7-12(19-2)8-16-13/h3-6,12-13,16H,7-9H2,1-2H3. The average Bonchev–Trinajstić information content (AvgIpc) is 2.89. The number of hydrogen-bond acceptors (Lipinski definition) is 3. The van der Waals surface area contributed by atoms with Crippen molar-refractivity contribution in [3.63, 3.8) is 0 Å². The van der Waals surface area contributed by atoms with Crippen LogP contribution in [0.5, 0.6) is 0 Å². The van der Waals surface area contributed by atoms with Gasteiger partial charge in [0.15, 0.2) is 0 Å². The van der Waals surface area contributed by atoms with Crippen LogP contribution < -0.4 is 5.32 Å². The zero-order valence-corrected chi connectivity index (χ0v) is 11.2. The highest BCUT2D eigenvalue weighted by molar-refractivity contribution is 5.82. The van der Waals surface area contributed by atoms with Gasteiger partial charge in [-0.15, -0.1) is 0 Å². The van der Waals surface area contributed by atoms with Crippen molar-refractivity contribution in [2.75, 3.05) is 20.7 Å². The largest absolute Gasteiger partial charge is 0.380 e. The zero-order chi connectivity index (χ0) is 13.8. The fourth-order valence-corrected chi connectivity index (χ4v) is 2.28. The van der Waals surface area contributed by atoms with Crippen LogP contribution in [0.15, 0.2) is 24.3 Å². The van der Waals surface area contributed by atoms with Gasteiger partial charge < -0.3 is 15.0 Å². The van der Waals surface area contributed by atoms with E-state index in [1.165, 1.54) is 12.1 Å². The van der Waals surface area contributed by atoms with Gasteiger partial charge in [-0.05, 0) is 24.1 Å². The van der Waals surface area contributed by atoms with Crippen molar-refractivity contribution in [2.45, 2.75) is 25.1 Å². The van der Waals surface area contributed by atoms with Crippen molar-refractivity contribution in [1.82, 2.24) is 10.2 Å². The second kappa shape index (κ2) is 6.12. The minimum Gasteiger partial charge on any atom is -0.380 e. The predicted molar refractivity (Wildman–Crippen MR) is 70.1 cm³/mol. The molecule has 1 fully saturated rings. The van der Waals surface area contributed by atoms with Crippen molar-refractivity contribution in [2.24, 2.45) is 0 Å². The topological polar surface area (TPSA) is 41.6 Å². The van der Waals surface area contributed by atoms with Gasteiger partial charge in [0.1, 0.15) is 5.82 Å². The van der Waals surface area contributed by atoms with Crippen LogP contribution in [0.25, 0.3) is 0 Å². The van der Waals surface area contributed by atoms with Crippen LogP contribution in [-0.2, 0) is 16.1 Å². The first-order valence-electron chi connectivity index (χ1n) is 6.35. The molecule has 5 heteroatoms. The molecule has 0 spiro atoms. The number of carbonyl (C=O) groups excluding carboxylic acids is 1. The molecule has 1 N–H and O–H groups in total. The lowest BCUT2D eigenvalue weighted by atomic mass is 10.1. The van der Waals surface area contributed by atoms with Gasteiger partial charge in [0.05, 0.1) is 12.1 Å². The Morgan fingerprint density at radius 1 is 1.47 bits per heavy atom. The Balaban J connectivity index is 1.91. The number of amides is 1. The minimum atomic E-state index is -0.266. The number of carbonyl (C=O) groups is 1. The van der Waals surface area contributed by atoms with Gasteiger partial charge >= 0.3 is 0 Å². The fourth-order valence-electron chi connectivity index (χ4n) is 2.28. The van der Waals surface area contributed by atoms with E-state index in [1.54, 1.807) is 31.2 Å². The molecule has 1 amide bonds. The van der Waals surface area contributed by atoms with Gasteiger partial charge in [-0.2, -0.15) is 0 Å². The van der Waals surface area contributed by atoms with Crippen LogP contribution in [0.1, 0.15) is 12.0 Å². The maximum Gasteiger partial charge on any atom is 0.239 e. The molecule has 0 radical (unpaired) electrons. The molecule has 2 atom stereocenters.